The van der Waals surface area contributed by atoms with E-state index in [1.165, 1.54) is 12.8 Å². The van der Waals surface area contributed by atoms with Crippen LogP contribution in [-0.2, 0) is 0 Å². The van der Waals surface area contributed by atoms with Crippen molar-refractivity contribution in [3.05, 3.63) is 12.4 Å². The van der Waals surface area contributed by atoms with Crippen LogP contribution in [0.15, 0.2) is 12.4 Å². The van der Waals surface area contributed by atoms with E-state index in [0.717, 1.165) is 75.2 Å². The number of hydrogen-bond acceptors (Lipinski definition) is 5. The molecule has 1 aliphatic heterocycles. The fraction of sp³-hybridized carbons (Fsp3) is 0.762. The Morgan fingerprint density at radius 3 is 2.36 bits per heavy atom. The van der Waals surface area contributed by atoms with Gasteiger partial charge in [-0.2, -0.15) is 0 Å². The summed E-state index contributed by atoms with van der Waals surface area (Å²) in [6, 6.07) is -0.147. The predicted octanol–water partition coefficient (Wildman–Crippen LogP) is 3.38. The lowest BCUT2D eigenvalue weighted by Gasteiger charge is -2.33. The van der Waals surface area contributed by atoms with E-state index in [0.29, 0.717) is 5.92 Å². The summed E-state index contributed by atoms with van der Waals surface area (Å²) in [5.41, 5.74) is 6.19. The smallest absolute Gasteiger partial charge is 0.312 e. The van der Waals surface area contributed by atoms with Crippen LogP contribution in [-0.4, -0.2) is 41.7 Å². The van der Waals surface area contributed by atoms with Gasteiger partial charge in [0, 0.05) is 25.7 Å². The van der Waals surface area contributed by atoms with E-state index < -0.39 is 6.03 Å². The van der Waals surface area contributed by atoms with Gasteiger partial charge in [0.25, 0.3) is 0 Å². The van der Waals surface area contributed by atoms with Gasteiger partial charge in [-0.05, 0) is 62.7 Å². The lowest BCUT2D eigenvalue weighted by molar-refractivity contribution is 0.233. The van der Waals surface area contributed by atoms with Gasteiger partial charge in [0.1, 0.15) is 0 Å². The van der Waals surface area contributed by atoms with Crippen LogP contribution in [0.25, 0.3) is 0 Å². The molecule has 156 valence electrons. The van der Waals surface area contributed by atoms with Crippen molar-refractivity contribution in [3.8, 4) is 0 Å². The summed E-state index contributed by atoms with van der Waals surface area (Å²) in [5.74, 6) is 3.16. The van der Waals surface area contributed by atoms with Gasteiger partial charge in [-0.3, -0.25) is 0 Å². The third-order valence-electron chi connectivity index (χ3n) is 6.48. The number of anilines is 2. The van der Waals surface area contributed by atoms with Crippen LogP contribution in [0.2, 0.25) is 0 Å². The highest BCUT2D eigenvalue weighted by molar-refractivity contribution is 5.71. The molecule has 0 atom stereocenters. The maximum atomic E-state index is 10.9. The summed E-state index contributed by atoms with van der Waals surface area (Å²) in [6.45, 7) is 7.69. The molecule has 0 bridgehead atoms. The summed E-state index contributed by atoms with van der Waals surface area (Å²) >= 11 is 0. The number of aromatic nitrogens is 2. The molecule has 2 heterocycles. The zero-order valence-electron chi connectivity index (χ0n) is 17.4. The van der Waals surface area contributed by atoms with Crippen molar-refractivity contribution in [1.82, 2.24) is 15.3 Å². The van der Waals surface area contributed by atoms with E-state index in [9.17, 15) is 4.79 Å². The predicted molar refractivity (Wildman–Crippen MR) is 113 cm³/mol. The van der Waals surface area contributed by atoms with Crippen LogP contribution in [0.3, 0.4) is 0 Å². The van der Waals surface area contributed by atoms with Crippen LogP contribution < -0.4 is 21.3 Å². The van der Waals surface area contributed by atoms with E-state index in [1.54, 1.807) is 0 Å². The normalized spacial score (nSPS) is 23.6. The first-order valence-corrected chi connectivity index (χ1v) is 10.9. The molecule has 1 aromatic heterocycles. The van der Waals surface area contributed by atoms with Crippen molar-refractivity contribution in [2.75, 3.05) is 29.9 Å². The van der Waals surface area contributed by atoms with Gasteiger partial charge < -0.3 is 21.3 Å². The van der Waals surface area contributed by atoms with Gasteiger partial charge in [0.05, 0.1) is 18.1 Å². The van der Waals surface area contributed by atoms with E-state index in [2.05, 4.69) is 39.3 Å². The molecular formula is C21H36N6O. The number of carbonyl (C=O) groups excluding carboxylic acids is 1. The van der Waals surface area contributed by atoms with Crippen LogP contribution in [0, 0.1) is 17.8 Å². The number of hydrogen-bond donors (Lipinski definition) is 3. The molecule has 1 saturated heterocycles. The Kier molecular flexibility index (Phi) is 7.34. The molecule has 2 aliphatic rings. The Balaban J connectivity index is 1.36. The molecule has 7 heteroatoms. The minimum atomic E-state index is -0.405. The van der Waals surface area contributed by atoms with E-state index >= 15 is 0 Å². The molecule has 0 spiro atoms. The zero-order chi connectivity index (χ0) is 19.9. The van der Waals surface area contributed by atoms with E-state index in [-0.39, 0.29) is 6.04 Å². The number of nitrogens with zero attached hydrogens (tertiary/aromatic N) is 3. The van der Waals surface area contributed by atoms with Crippen LogP contribution in [0.4, 0.5) is 16.4 Å². The highest BCUT2D eigenvalue weighted by Gasteiger charge is 2.23. The monoisotopic (exact) mass is 388 g/mol. The average molecular weight is 389 g/mol. The fourth-order valence-electron chi connectivity index (χ4n) is 4.56. The first-order valence-electron chi connectivity index (χ1n) is 10.9. The lowest BCUT2D eigenvalue weighted by atomic mass is 9.84. The van der Waals surface area contributed by atoms with Crippen molar-refractivity contribution in [2.45, 2.75) is 64.8 Å². The van der Waals surface area contributed by atoms with Crippen LogP contribution in [0.5, 0.6) is 0 Å². The Morgan fingerprint density at radius 2 is 1.79 bits per heavy atom. The number of amides is 2. The molecule has 3 rings (SSSR count). The molecule has 0 unspecified atom stereocenters. The van der Waals surface area contributed by atoms with Gasteiger partial charge in [-0.1, -0.05) is 13.8 Å². The van der Waals surface area contributed by atoms with Crippen molar-refractivity contribution in [3.63, 3.8) is 0 Å². The quantitative estimate of drug-likeness (QED) is 0.665. The second-order valence-electron chi connectivity index (χ2n) is 8.78. The number of urea groups is 1. The third kappa shape index (κ3) is 5.97. The summed E-state index contributed by atoms with van der Waals surface area (Å²) in [4.78, 5) is 22.4. The molecular weight excluding hydrogens is 352 g/mol. The topological polar surface area (TPSA) is 96.2 Å². The van der Waals surface area contributed by atoms with Gasteiger partial charge >= 0.3 is 6.03 Å². The molecule has 1 aromatic rings. The number of primary amides is 1. The Morgan fingerprint density at radius 1 is 1.14 bits per heavy atom. The summed E-state index contributed by atoms with van der Waals surface area (Å²) in [5, 5.41) is 6.28. The molecule has 2 fully saturated rings. The van der Waals surface area contributed by atoms with Crippen LogP contribution in [0.1, 0.15) is 58.8 Å². The standard InChI is InChI=1S/C21H36N6O/c1-15(2)17-8-11-27(12-9-17)21-24-13-19(14-25-21)23-10-7-16-3-5-18(6-4-16)26-20(22)28/h13-18,23H,3-12H2,1-2H3,(H3,22,26,28). The first-order chi connectivity index (χ1) is 13.5. The molecule has 28 heavy (non-hydrogen) atoms. The molecule has 2 amide bonds. The van der Waals surface area contributed by atoms with E-state index in [1.807, 2.05) is 12.4 Å². The maximum Gasteiger partial charge on any atom is 0.312 e. The van der Waals surface area contributed by atoms with Gasteiger partial charge in [0.15, 0.2) is 0 Å². The minimum absolute atomic E-state index is 0.258. The summed E-state index contributed by atoms with van der Waals surface area (Å²) < 4.78 is 0. The molecule has 7 nitrogen and oxygen atoms in total. The maximum absolute atomic E-state index is 10.9. The van der Waals surface area contributed by atoms with Crippen molar-refractivity contribution < 1.29 is 4.79 Å². The van der Waals surface area contributed by atoms with Gasteiger partial charge in [0.2, 0.25) is 5.95 Å². The van der Waals surface area contributed by atoms with E-state index in [4.69, 9.17) is 5.73 Å². The van der Waals surface area contributed by atoms with Crippen molar-refractivity contribution >= 4 is 17.7 Å². The largest absolute Gasteiger partial charge is 0.383 e. The first kappa shape index (κ1) is 20.7. The molecule has 0 aromatic carbocycles. The zero-order valence-corrected chi connectivity index (χ0v) is 17.4. The lowest BCUT2D eigenvalue weighted by Crippen LogP contribution is -2.40. The summed E-state index contributed by atoms with van der Waals surface area (Å²) in [7, 11) is 0. The Bertz CT molecular complexity index is 604. The average Bonchev–Trinajstić information content (AvgIpc) is 2.69. The summed E-state index contributed by atoms with van der Waals surface area (Å²) in [6.07, 6.45) is 11.8. The molecule has 1 saturated carbocycles. The highest BCUT2D eigenvalue weighted by Crippen LogP contribution is 2.28. The second kappa shape index (κ2) is 9.94. The van der Waals surface area contributed by atoms with Gasteiger partial charge in [-0.25, -0.2) is 14.8 Å². The van der Waals surface area contributed by atoms with Crippen LogP contribution >= 0.6 is 0 Å². The molecule has 1 aliphatic carbocycles. The number of carbonyl (C=O) groups is 1. The van der Waals surface area contributed by atoms with Crippen molar-refractivity contribution in [1.29, 1.82) is 0 Å². The third-order valence-corrected chi connectivity index (χ3v) is 6.48. The Hall–Kier alpha value is -2.05. The molecule has 4 N–H and O–H groups in total. The van der Waals surface area contributed by atoms with Crippen molar-refractivity contribution in [2.24, 2.45) is 23.5 Å². The van der Waals surface area contributed by atoms with Gasteiger partial charge in [-0.15, -0.1) is 0 Å². The number of nitrogens with two attached hydrogens (primary N) is 1. The number of piperidine rings is 1. The second-order valence-corrected chi connectivity index (χ2v) is 8.78. The Labute approximate surface area is 168 Å². The fourth-order valence-corrected chi connectivity index (χ4v) is 4.56. The molecule has 0 radical (unpaired) electrons. The number of nitrogens with one attached hydrogen (secondary N) is 2. The number of rotatable bonds is 7. The highest BCUT2D eigenvalue weighted by atomic mass is 16.2. The minimum Gasteiger partial charge on any atom is -0.383 e. The SMILES string of the molecule is CC(C)C1CCN(c2ncc(NCCC3CCC(NC(N)=O)CC3)cn2)CC1.